The van der Waals surface area contributed by atoms with E-state index in [2.05, 4.69) is 28.1 Å². The maximum Gasteiger partial charge on any atom is 0.200 e. The van der Waals surface area contributed by atoms with E-state index in [4.69, 9.17) is 4.74 Å². The Kier molecular flexibility index (Phi) is 3.88. The SMILES string of the molecule is O=C(COc1ccc2c(c1)CCC2)c1cccc(Br)c1. The molecule has 102 valence electrons. The minimum atomic E-state index is -0.00759. The fraction of sp³-hybridized carbons (Fsp3) is 0.235. The molecular formula is C17H15BrO2. The third kappa shape index (κ3) is 2.93. The van der Waals surface area contributed by atoms with Crippen molar-refractivity contribution in [3.05, 3.63) is 63.6 Å². The van der Waals surface area contributed by atoms with E-state index in [1.165, 1.54) is 17.5 Å². The first kappa shape index (κ1) is 13.4. The van der Waals surface area contributed by atoms with Crippen LogP contribution in [-0.4, -0.2) is 12.4 Å². The van der Waals surface area contributed by atoms with Gasteiger partial charge in [0.1, 0.15) is 5.75 Å². The maximum absolute atomic E-state index is 12.1. The number of hydrogen-bond donors (Lipinski definition) is 0. The van der Waals surface area contributed by atoms with Gasteiger partial charge in [-0.3, -0.25) is 4.79 Å². The zero-order chi connectivity index (χ0) is 13.9. The molecule has 0 saturated carbocycles. The molecule has 0 unspecified atom stereocenters. The maximum atomic E-state index is 12.1. The Balaban J connectivity index is 1.66. The zero-order valence-electron chi connectivity index (χ0n) is 11.1. The molecule has 0 atom stereocenters. The Morgan fingerprint density at radius 3 is 2.80 bits per heavy atom. The Hall–Kier alpha value is -1.61. The molecule has 0 spiro atoms. The zero-order valence-corrected chi connectivity index (χ0v) is 12.7. The number of carbonyl (C=O) groups is 1. The highest BCUT2D eigenvalue weighted by Gasteiger charge is 2.12. The summed E-state index contributed by atoms with van der Waals surface area (Å²) in [4.78, 5) is 12.1. The summed E-state index contributed by atoms with van der Waals surface area (Å²) >= 11 is 3.37. The normalized spacial score (nSPS) is 13.1. The van der Waals surface area contributed by atoms with Crippen LogP contribution in [0, 0.1) is 0 Å². The van der Waals surface area contributed by atoms with E-state index in [0.29, 0.717) is 5.56 Å². The van der Waals surface area contributed by atoms with Gasteiger partial charge in [-0.15, -0.1) is 0 Å². The van der Waals surface area contributed by atoms with Crippen LogP contribution in [0.2, 0.25) is 0 Å². The largest absolute Gasteiger partial charge is 0.485 e. The van der Waals surface area contributed by atoms with Crippen LogP contribution in [0.25, 0.3) is 0 Å². The number of benzene rings is 2. The Labute approximate surface area is 126 Å². The predicted octanol–water partition coefficient (Wildman–Crippen LogP) is 4.20. The highest BCUT2D eigenvalue weighted by Crippen LogP contribution is 2.26. The molecule has 0 bridgehead atoms. The van der Waals surface area contributed by atoms with E-state index >= 15 is 0 Å². The van der Waals surface area contributed by atoms with Crippen molar-refractivity contribution in [2.24, 2.45) is 0 Å². The molecule has 0 radical (unpaired) electrons. The lowest BCUT2D eigenvalue weighted by atomic mass is 10.1. The highest BCUT2D eigenvalue weighted by molar-refractivity contribution is 9.10. The molecule has 2 nitrogen and oxygen atoms in total. The number of halogens is 1. The lowest BCUT2D eigenvalue weighted by molar-refractivity contribution is 0.0921. The van der Waals surface area contributed by atoms with Crippen LogP contribution in [-0.2, 0) is 12.8 Å². The molecule has 1 aliphatic carbocycles. The Bertz CT molecular complexity index is 649. The van der Waals surface area contributed by atoms with Crippen molar-refractivity contribution in [2.45, 2.75) is 19.3 Å². The summed E-state index contributed by atoms with van der Waals surface area (Å²) in [6, 6.07) is 13.5. The summed E-state index contributed by atoms with van der Waals surface area (Å²) in [7, 11) is 0. The predicted molar refractivity (Wildman–Crippen MR) is 82.4 cm³/mol. The van der Waals surface area contributed by atoms with Gasteiger partial charge < -0.3 is 4.74 Å². The van der Waals surface area contributed by atoms with Gasteiger partial charge in [0.15, 0.2) is 12.4 Å². The van der Waals surface area contributed by atoms with Crippen LogP contribution in [0.5, 0.6) is 5.75 Å². The molecule has 0 N–H and O–H groups in total. The number of aryl methyl sites for hydroxylation is 2. The molecular weight excluding hydrogens is 316 g/mol. The highest BCUT2D eigenvalue weighted by atomic mass is 79.9. The van der Waals surface area contributed by atoms with Crippen LogP contribution >= 0.6 is 15.9 Å². The quantitative estimate of drug-likeness (QED) is 0.785. The monoisotopic (exact) mass is 330 g/mol. The topological polar surface area (TPSA) is 26.3 Å². The van der Waals surface area contributed by atoms with Gasteiger partial charge in [-0.1, -0.05) is 34.1 Å². The summed E-state index contributed by atoms with van der Waals surface area (Å²) in [5.74, 6) is 0.779. The first-order valence-electron chi connectivity index (χ1n) is 6.76. The van der Waals surface area contributed by atoms with E-state index in [-0.39, 0.29) is 12.4 Å². The van der Waals surface area contributed by atoms with Crippen LogP contribution < -0.4 is 4.74 Å². The average Bonchev–Trinajstić information content (AvgIpc) is 2.92. The first-order chi connectivity index (χ1) is 9.72. The van der Waals surface area contributed by atoms with Crippen molar-refractivity contribution < 1.29 is 9.53 Å². The second-order valence-electron chi connectivity index (χ2n) is 5.01. The van der Waals surface area contributed by atoms with Gasteiger partial charge in [0.25, 0.3) is 0 Å². The number of ketones is 1. The van der Waals surface area contributed by atoms with Gasteiger partial charge in [-0.25, -0.2) is 0 Å². The van der Waals surface area contributed by atoms with E-state index in [0.717, 1.165) is 23.1 Å². The van der Waals surface area contributed by atoms with E-state index in [1.54, 1.807) is 6.07 Å². The number of fused-ring (bicyclic) bond motifs is 1. The molecule has 3 heteroatoms. The third-order valence-electron chi connectivity index (χ3n) is 3.59. The Morgan fingerprint density at radius 1 is 1.10 bits per heavy atom. The number of hydrogen-bond acceptors (Lipinski definition) is 2. The van der Waals surface area contributed by atoms with Crippen molar-refractivity contribution in [2.75, 3.05) is 6.61 Å². The summed E-state index contributed by atoms with van der Waals surface area (Å²) in [5.41, 5.74) is 3.44. The molecule has 0 aromatic heterocycles. The Morgan fingerprint density at radius 2 is 1.95 bits per heavy atom. The van der Waals surface area contributed by atoms with Crippen molar-refractivity contribution in [3.8, 4) is 5.75 Å². The molecule has 1 aliphatic rings. The lowest BCUT2D eigenvalue weighted by Gasteiger charge is -2.08. The molecule has 20 heavy (non-hydrogen) atoms. The molecule has 0 aliphatic heterocycles. The summed E-state index contributed by atoms with van der Waals surface area (Å²) in [6.45, 7) is 0.0786. The van der Waals surface area contributed by atoms with Gasteiger partial charge in [-0.2, -0.15) is 0 Å². The molecule has 0 saturated heterocycles. The number of rotatable bonds is 4. The minimum absolute atomic E-state index is 0.00759. The van der Waals surface area contributed by atoms with E-state index in [9.17, 15) is 4.79 Å². The van der Waals surface area contributed by atoms with Gasteiger partial charge in [0, 0.05) is 10.0 Å². The van der Waals surface area contributed by atoms with E-state index < -0.39 is 0 Å². The van der Waals surface area contributed by atoms with Crippen LogP contribution in [0.4, 0.5) is 0 Å². The molecule has 2 aromatic rings. The second-order valence-corrected chi connectivity index (χ2v) is 5.92. The average molecular weight is 331 g/mol. The van der Waals surface area contributed by atoms with Gasteiger partial charge in [0.2, 0.25) is 0 Å². The molecule has 0 heterocycles. The van der Waals surface area contributed by atoms with Crippen LogP contribution in [0.15, 0.2) is 46.9 Å². The molecule has 0 fully saturated rings. The van der Waals surface area contributed by atoms with E-state index in [1.807, 2.05) is 24.3 Å². The second kappa shape index (κ2) is 5.80. The fourth-order valence-corrected chi connectivity index (χ4v) is 2.93. The number of carbonyl (C=O) groups excluding carboxylic acids is 1. The van der Waals surface area contributed by atoms with Crippen molar-refractivity contribution in [1.29, 1.82) is 0 Å². The van der Waals surface area contributed by atoms with Crippen LogP contribution in [0.1, 0.15) is 27.9 Å². The smallest absolute Gasteiger partial charge is 0.200 e. The molecule has 2 aromatic carbocycles. The number of ether oxygens (including phenoxy) is 1. The standard InChI is InChI=1S/C17H15BrO2/c18-15-6-2-5-14(9-15)17(19)11-20-16-8-7-12-3-1-4-13(12)10-16/h2,5-10H,1,3-4,11H2. The lowest BCUT2D eigenvalue weighted by Crippen LogP contribution is -2.11. The third-order valence-corrected chi connectivity index (χ3v) is 4.08. The molecule has 0 amide bonds. The first-order valence-corrected chi connectivity index (χ1v) is 7.55. The van der Waals surface area contributed by atoms with Crippen LogP contribution in [0.3, 0.4) is 0 Å². The van der Waals surface area contributed by atoms with Crippen molar-refractivity contribution in [3.63, 3.8) is 0 Å². The van der Waals surface area contributed by atoms with Gasteiger partial charge >= 0.3 is 0 Å². The van der Waals surface area contributed by atoms with Gasteiger partial charge in [0.05, 0.1) is 0 Å². The summed E-state index contributed by atoms with van der Waals surface area (Å²) in [5, 5.41) is 0. The minimum Gasteiger partial charge on any atom is -0.485 e. The summed E-state index contributed by atoms with van der Waals surface area (Å²) < 4.78 is 6.53. The van der Waals surface area contributed by atoms with Gasteiger partial charge in [-0.05, 0) is 54.7 Å². The van der Waals surface area contributed by atoms with Crippen molar-refractivity contribution >= 4 is 21.7 Å². The number of Topliss-reactive ketones (excluding diaryl/α,β-unsaturated/α-hetero) is 1. The molecule has 3 rings (SSSR count). The summed E-state index contributed by atoms with van der Waals surface area (Å²) in [6.07, 6.45) is 3.49. The fourth-order valence-electron chi connectivity index (χ4n) is 2.53. The van der Waals surface area contributed by atoms with Crippen molar-refractivity contribution in [1.82, 2.24) is 0 Å².